The van der Waals surface area contributed by atoms with Gasteiger partial charge < -0.3 is 30.8 Å². The Balaban J connectivity index is 0.000000144. The van der Waals surface area contributed by atoms with Crippen LogP contribution in [0.15, 0.2) is 280 Å². The van der Waals surface area contributed by atoms with Crippen molar-refractivity contribution in [2.45, 2.75) is 72.7 Å². The molecule has 0 saturated carbocycles. The van der Waals surface area contributed by atoms with Crippen LogP contribution in [0.25, 0.3) is 101 Å². The molecule has 0 aliphatic heterocycles. The fraction of sp³-hybridized carbons (Fsp3) is 0.143. The van der Waals surface area contributed by atoms with Crippen LogP contribution in [-0.2, 0) is 25.4 Å². The lowest BCUT2D eigenvalue weighted by Crippen LogP contribution is -2.21. The van der Waals surface area contributed by atoms with Crippen LogP contribution in [0, 0.1) is 62.3 Å². The van der Waals surface area contributed by atoms with E-state index in [0.717, 1.165) is 123 Å². The number of carbonyl (C=O) groups is 3. The van der Waals surface area contributed by atoms with Gasteiger partial charge in [-0.3, -0.25) is 25.3 Å². The third kappa shape index (κ3) is 24.7. The number of halogens is 3. The summed E-state index contributed by atoms with van der Waals surface area (Å²) in [4.78, 5) is 77.6. The number of carbonyl (C=O) groups excluding carboxylic acids is 3. The van der Waals surface area contributed by atoms with Crippen LogP contribution in [0.5, 0.6) is 11.5 Å². The Morgan fingerprint density at radius 1 is 0.357 bits per heavy atom. The van der Waals surface area contributed by atoms with E-state index in [-0.39, 0.29) is 13.2 Å². The van der Waals surface area contributed by atoms with Gasteiger partial charge in [-0.1, -0.05) is 222 Å². The smallest absolute Gasteiger partial charge is 0.417 e. The molecule has 16 rings (SSSR count). The van der Waals surface area contributed by atoms with Crippen LogP contribution < -0.4 is 36.9 Å². The van der Waals surface area contributed by atoms with Crippen molar-refractivity contribution in [3.05, 3.63) is 336 Å². The minimum absolute atomic E-state index is 0.167. The zero-order chi connectivity index (χ0) is 89.6. The summed E-state index contributed by atoms with van der Waals surface area (Å²) in [5.74, 6) is 2.36. The molecule has 7 aromatic carbocycles. The lowest BCUT2D eigenvalue weighted by Gasteiger charge is -2.16. The van der Waals surface area contributed by atoms with Crippen LogP contribution in [0.3, 0.4) is 0 Å². The van der Waals surface area contributed by atoms with E-state index in [4.69, 9.17) is 80.4 Å². The Morgan fingerprint density at radius 3 is 0.968 bits per heavy atom. The van der Waals surface area contributed by atoms with Crippen molar-refractivity contribution in [2.75, 3.05) is 34.0 Å². The van der Waals surface area contributed by atoms with Gasteiger partial charge in [0.25, 0.3) is 0 Å². The van der Waals surface area contributed by atoms with Crippen molar-refractivity contribution in [2.24, 2.45) is 14.1 Å². The number of hydrogen-bond acceptors (Lipinski definition) is 20. The highest BCUT2D eigenvalue weighted by atomic mass is 35.6. The average molecular weight is 1740 g/mol. The van der Waals surface area contributed by atoms with Gasteiger partial charge in [0.05, 0.1) is 104 Å². The maximum absolute atomic E-state index is 12.5. The second-order valence-corrected chi connectivity index (χ2v) is 31.8. The second-order valence-electron chi connectivity index (χ2n) is 29.2. The summed E-state index contributed by atoms with van der Waals surface area (Å²) >= 11 is 16.9. The van der Waals surface area contributed by atoms with E-state index < -0.39 is 22.1 Å². The first-order valence-corrected chi connectivity index (χ1v) is 40.9. The van der Waals surface area contributed by atoms with Crippen LogP contribution in [0.2, 0.25) is 0 Å². The van der Waals surface area contributed by atoms with Crippen molar-refractivity contribution in [1.29, 1.82) is 0 Å². The summed E-state index contributed by atoms with van der Waals surface area (Å²) in [7, 11) is 3.77. The van der Waals surface area contributed by atoms with E-state index in [1.54, 1.807) is 76.7 Å². The van der Waals surface area contributed by atoms with Crippen molar-refractivity contribution in [3.63, 3.8) is 0 Å². The summed E-state index contributed by atoms with van der Waals surface area (Å²) in [5.41, 5.74) is 37.5. The minimum atomic E-state index is -1.69. The number of nitrogens with one attached hydrogen (secondary N) is 3. The summed E-state index contributed by atoms with van der Waals surface area (Å²) in [5, 5.41) is 26.2. The third-order valence-corrected chi connectivity index (χ3v) is 19.5. The maximum atomic E-state index is 12.5. The van der Waals surface area contributed by atoms with E-state index in [0.29, 0.717) is 74.2 Å². The van der Waals surface area contributed by atoms with Gasteiger partial charge in [0.1, 0.15) is 29.8 Å². The highest BCUT2D eigenvalue weighted by Crippen LogP contribution is 2.38. The number of hydrogen-bond donors (Lipinski definition) is 6. The van der Waals surface area contributed by atoms with Crippen LogP contribution in [0.4, 0.5) is 42.8 Å². The summed E-state index contributed by atoms with van der Waals surface area (Å²) in [6, 6.07) is 72.6. The highest BCUT2D eigenvalue weighted by Gasteiger charge is 2.25. The molecule has 0 aliphatic carbocycles. The molecule has 0 atom stereocenters. The quantitative estimate of drug-likeness (QED) is 0.0489. The summed E-state index contributed by atoms with van der Waals surface area (Å²) in [6.45, 7) is 16.8. The number of aromatic nitrogens is 13. The molecule has 8 N–H and O–H groups in total. The molecule has 126 heavy (non-hydrogen) atoms. The van der Waals surface area contributed by atoms with Gasteiger partial charge >= 0.3 is 18.3 Å². The van der Waals surface area contributed by atoms with Gasteiger partial charge in [-0.15, -0.1) is 0 Å². The first-order chi connectivity index (χ1) is 60.6. The van der Waals surface area contributed by atoms with Gasteiger partial charge in [0.2, 0.25) is 3.79 Å². The number of nitrogens with zero attached hydrogens (tertiary/aromatic N) is 13. The minimum Gasteiger partial charge on any atom is -0.445 e. The number of nitrogens with two attached hydrogens (primary N) is 2. The van der Waals surface area contributed by atoms with Gasteiger partial charge in [-0.05, 0) is 145 Å². The Labute approximate surface area is 745 Å². The molecule has 9 heterocycles. The fourth-order valence-corrected chi connectivity index (χ4v) is 13.1. The second kappa shape index (κ2) is 42.3. The standard InChI is InChI=1S/C24H22N4O2.C21H20N2O3.C20H17Cl3N4O2.C17H16N4.C16H16N4/c1-16-9-11-20(12-10-16)30-24(29)26-21-13-17(2)22(19-14-25-28(3)15-19)27-23(21)18-7-5-4-6-8-18;1-14-8-10-17(11-9-14)26-21(25)23-18-12-15(2)19(13-24)22-20(18)16-6-4-3-5-7-16;1-12-8-16(26-19(28)29-11-20(21,22)23)18(14-6-4-3-5-7-14)27-17(12)15-9-24-13(2)25-10-15;1-11-8-15(18)17(13-6-4-3-5-7-13)21-16(11)14-9-19-12(2)20-10-14;1-11-8-14(17)16(12-6-4-3-5-7-12)19-15(11)13-9-18-20(2)10-13/h4-15H,1-3H3,(H,26,29);3-12,24H,13H2,1-2H3,(H,23,25);3-10H,11H2,1-2H3,(H,26,28);3-10H,18H2,1-2H3;3-10H,17H2,1-2H3. The number of rotatable bonds is 16. The molecule has 3 amide bonds. The van der Waals surface area contributed by atoms with Gasteiger partial charge in [-0.25, -0.2) is 59.2 Å². The highest BCUT2D eigenvalue weighted by molar-refractivity contribution is 6.67. The molecule has 25 nitrogen and oxygen atoms in total. The van der Waals surface area contributed by atoms with E-state index >= 15 is 0 Å². The average Bonchev–Trinajstić information content (AvgIpc) is 0.848. The number of aliphatic hydroxyl groups is 1. The number of alkyl halides is 3. The SMILES string of the molecule is Cc1cc(N)c(-c2ccccc2)nc1-c1cnn(C)c1.Cc1ccc(OC(=O)Nc2cc(C)c(-c3cnn(C)c3)nc2-c2ccccc2)cc1.Cc1ccc(OC(=O)Nc2cc(C)c(CO)nc2-c2ccccc2)cc1.Cc1ncc(-c2nc(-c3ccccc3)c(N)cc2C)cn1.Cc1ncc(-c2nc(-c3ccccc3)c(NC(=O)OCC(Cl)(Cl)Cl)cc2C)cn1. The van der Waals surface area contributed by atoms with Gasteiger partial charge in [0.15, 0.2) is 0 Å². The number of aliphatic hydroxyl groups excluding tert-OH is 1. The molecule has 0 spiro atoms. The van der Waals surface area contributed by atoms with E-state index in [1.807, 2.05) is 289 Å². The van der Waals surface area contributed by atoms with Crippen LogP contribution in [-0.4, -0.2) is 98.2 Å². The lowest BCUT2D eigenvalue weighted by atomic mass is 10.0. The van der Waals surface area contributed by atoms with Crippen molar-refractivity contribution >= 4 is 81.5 Å². The molecule has 636 valence electrons. The zero-order valence-corrected chi connectivity index (χ0v) is 73.2. The normalized spacial score (nSPS) is 10.7. The Morgan fingerprint density at radius 2 is 0.651 bits per heavy atom. The fourth-order valence-electron chi connectivity index (χ4n) is 13.0. The molecule has 0 fully saturated rings. The molecule has 0 radical (unpaired) electrons. The molecule has 28 heteroatoms. The van der Waals surface area contributed by atoms with Gasteiger partial charge in [0, 0.05) is 101 Å². The third-order valence-electron chi connectivity index (χ3n) is 19.2. The number of ether oxygens (including phenoxy) is 3. The Bertz CT molecular complexity index is 6420. The van der Waals surface area contributed by atoms with E-state index in [9.17, 15) is 19.5 Å². The topological polar surface area (TPSA) is 339 Å². The van der Waals surface area contributed by atoms with E-state index in [1.165, 1.54) is 0 Å². The molecule has 0 aliphatic rings. The Hall–Kier alpha value is -14.9. The molecule has 0 unspecified atom stereocenters. The number of amides is 3. The molecular formula is C98H91Cl3N18O7. The first-order valence-electron chi connectivity index (χ1n) is 39.7. The van der Waals surface area contributed by atoms with Crippen molar-refractivity contribution in [3.8, 4) is 113 Å². The number of nitrogen functional groups attached to an aromatic ring is 2. The monoisotopic (exact) mass is 1740 g/mol. The largest absolute Gasteiger partial charge is 0.445 e. The summed E-state index contributed by atoms with van der Waals surface area (Å²) < 4.78 is 17.6. The number of pyridine rings is 5. The van der Waals surface area contributed by atoms with Gasteiger partial charge in [-0.2, -0.15) is 10.2 Å². The molecule has 0 saturated heterocycles. The maximum Gasteiger partial charge on any atom is 0.417 e. The molecule has 9 aromatic heterocycles. The predicted molar refractivity (Wildman–Crippen MR) is 500 cm³/mol. The molecule has 16 aromatic rings. The molecule has 0 bridgehead atoms. The zero-order valence-electron chi connectivity index (χ0n) is 71.0. The Kier molecular flexibility index (Phi) is 30.3. The molecular weight excluding hydrogens is 1650 g/mol. The summed E-state index contributed by atoms with van der Waals surface area (Å²) in [6.07, 6.45) is 12.6. The van der Waals surface area contributed by atoms with E-state index in [2.05, 4.69) is 51.1 Å². The number of aryl methyl sites for hydroxylation is 11. The number of benzene rings is 7. The van der Waals surface area contributed by atoms with Crippen LogP contribution >= 0.6 is 34.8 Å². The lowest BCUT2D eigenvalue weighted by molar-refractivity contribution is 0.164. The van der Waals surface area contributed by atoms with Crippen molar-refractivity contribution in [1.82, 2.24) is 64.4 Å². The van der Waals surface area contributed by atoms with Crippen LogP contribution in [0.1, 0.15) is 56.3 Å². The first kappa shape index (κ1) is 90.3. The number of anilines is 5. The van der Waals surface area contributed by atoms with Crippen molar-refractivity contribution < 1.29 is 33.7 Å². The predicted octanol–water partition coefficient (Wildman–Crippen LogP) is 22.0.